The van der Waals surface area contributed by atoms with Crippen LogP contribution in [0.5, 0.6) is 5.75 Å². The third kappa shape index (κ3) is 5.54. The molecule has 34 heavy (non-hydrogen) atoms. The van der Waals surface area contributed by atoms with Crippen LogP contribution in [0.4, 0.5) is 5.69 Å². The number of carbonyl (C=O) groups excluding carboxylic acids is 1. The highest BCUT2D eigenvalue weighted by Gasteiger charge is 2.31. The standard InChI is InChI=1S/C25H33N3O5S/c1-2-33-22-12-11-21(19-23(22)34(30,31)28-15-17-32-18-16-28)26-24(20-9-5-3-6-10-20)25(29)27-13-7-4-8-14-27/h3,5-6,9-12,19,24,26H,2,4,7-8,13-18H2,1H3/t24-/m1/s1. The average molecular weight is 488 g/mol. The molecular weight excluding hydrogens is 454 g/mol. The molecule has 0 aromatic heterocycles. The van der Waals surface area contributed by atoms with E-state index in [-0.39, 0.29) is 10.8 Å². The Morgan fingerprint density at radius 3 is 2.41 bits per heavy atom. The summed E-state index contributed by atoms with van der Waals surface area (Å²) in [4.78, 5) is 15.5. The molecule has 2 aliphatic heterocycles. The van der Waals surface area contributed by atoms with Gasteiger partial charge in [-0.15, -0.1) is 0 Å². The van der Waals surface area contributed by atoms with Gasteiger partial charge in [-0.05, 0) is 49.9 Å². The number of ether oxygens (including phenoxy) is 2. The Bertz CT molecular complexity index is 1070. The van der Waals surface area contributed by atoms with Gasteiger partial charge in [-0.25, -0.2) is 8.42 Å². The fraction of sp³-hybridized carbons (Fsp3) is 0.480. The normalized spacial score (nSPS) is 18.3. The number of nitrogens with zero attached hydrogens (tertiary/aromatic N) is 2. The van der Waals surface area contributed by atoms with Crippen molar-refractivity contribution in [3.8, 4) is 5.75 Å². The van der Waals surface area contributed by atoms with E-state index in [1.54, 1.807) is 18.2 Å². The summed E-state index contributed by atoms with van der Waals surface area (Å²) in [6.07, 6.45) is 3.13. The number of carbonyl (C=O) groups is 1. The molecule has 0 radical (unpaired) electrons. The number of nitrogens with one attached hydrogen (secondary N) is 1. The van der Waals surface area contributed by atoms with E-state index in [9.17, 15) is 13.2 Å². The summed E-state index contributed by atoms with van der Waals surface area (Å²) in [7, 11) is -3.79. The lowest BCUT2D eigenvalue weighted by molar-refractivity contribution is -0.133. The number of anilines is 1. The number of likely N-dealkylation sites (tertiary alicyclic amines) is 1. The second-order valence-electron chi connectivity index (χ2n) is 8.48. The molecule has 1 amide bonds. The summed E-state index contributed by atoms with van der Waals surface area (Å²) >= 11 is 0. The molecule has 2 heterocycles. The lowest BCUT2D eigenvalue weighted by atomic mass is 10.0. The first-order valence-electron chi connectivity index (χ1n) is 12.0. The number of morpholine rings is 1. The third-order valence-electron chi connectivity index (χ3n) is 6.19. The van der Waals surface area contributed by atoms with E-state index in [1.165, 1.54) is 4.31 Å². The topological polar surface area (TPSA) is 88.2 Å². The molecule has 4 rings (SSSR count). The van der Waals surface area contributed by atoms with Crippen LogP contribution in [0.3, 0.4) is 0 Å². The average Bonchev–Trinajstić information content (AvgIpc) is 2.89. The van der Waals surface area contributed by atoms with Gasteiger partial charge in [-0.2, -0.15) is 4.31 Å². The first kappa shape index (κ1) is 24.5. The molecule has 184 valence electrons. The summed E-state index contributed by atoms with van der Waals surface area (Å²) < 4.78 is 39.3. The maximum atomic E-state index is 13.5. The molecular formula is C25H33N3O5S. The quantitative estimate of drug-likeness (QED) is 0.615. The molecule has 1 N–H and O–H groups in total. The minimum Gasteiger partial charge on any atom is -0.492 e. The van der Waals surface area contributed by atoms with Crippen LogP contribution in [0.2, 0.25) is 0 Å². The SMILES string of the molecule is CCOc1ccc(N[C@@H](C(=O)N2CCCCC2)c2ccccc2)cc1S(=O)(=O)N1CCOCC1. The lowest BCUT2D eigenvalue weighted by Gasteiger charge is -2.31. The van der Waals surface area contributed by atoms with Crippen molar-refractivity contribution in [1.29, 1.82) is 0 Å². The van der Waals surface area contributed by atoms with Crippen LogP contribution < -0.4 is 10.1 Å². The molecule has 2 aliphatic rings. The van der Waals surface area contributed by atoms with Crippen molar-refractivity contribution in [2.24, 2.45) is 0 Å². The smallest absolute Gasteiger partial charge is 0.249 e. The summed E-state index contributed by atoms with van der Waals surface area (Å²) in [5.74, 6) is 0.301. The van der Waals surface area contributed by atoms with Crippen LogP contribution in [0, 0.1) is 0 Å². The molecule has 9 heteroatoms. The van der Waals surface area contributed by atoms with E-state index in [2.05, 4.69) is 5.32 Å². The Hall–Kier alpha value is -2.62. The van der Waals surface area contributed by atoms with E-state index in [1.807, 2.05) is 42.2 Å². The summed E-state index contributed by atoms with van der Waals surface area (Å²) in [6, 6.07) is 13.9. The first-order chi connectivity index (χ1) is 16.5. The van der Waals surface area contributed by atoms with Gasteiger partial charge in [0.1, 0.15) is 16.7 Å². The van der Waals surface area contributed by atoms with Gasteiger partial charge in [0.2, 0.25) is 15.9 Å². The molecule has 0 aliphatic carbocycles. The highest BCUT2D eigenvalue weighted by atomic mass is 32.2. The van der Waals surface area contributed by atoms with Gasteiger partial charge in [0, 0.05) is 31.9 Å². The molecule has 2 aromatic carbocycles. The van der Waals surface area contributed by atoms with Gasteiger partial charge < -0.3 is 19.7 Å². The molecule has 0 bridgehead atoms. The first-order valence-corrected chi connectivity index (χ1v) is 13.4. The van der Waals surface area contributed by atoms with Crippen molar-refractivity contribution in [2.45, 2.75) is 37.1 Å². The lowest BCUT2D eigenvalue weighted by Crippen LogP contribution is -2.41. The predicted molar refractivity (Wildman–Crippen MR) is 130 cm³/mol. The van der Waals surface area contributed by atoms with E-state index < -0.39 is 16.1 Å². The monoisotopic (exact) mass is 487 g/mol. The van der Waals surface area contributed by atoms with Crippen molar-refractivity contribution >= 4 is 21.6 Å². The van der Waals surface area contributed by atoms with Crippen LogP contribution in [-0.4, -0.2) is 69.5 Å². The van der Waals surface area contributed by atoms with Crippen LogP contribution in [0.15, 0.2) is 53.4 Å². The number of sulfonamides is 1. The number of rotatable bonds is 8. The van der Waals surface area contributed by atoms with E-state index in [4.69, 9.17) is 9.47 Å². The number of hydrogen-bond acceptors (Lipinski definition) is 6. The van der Waals surface area contributed by atoms with Gasteiger partial charge >= 0.3 is 0 Å². The van der Waals surface area contributed by atoms with Crippen LogP contribution in [-0.2, 0) is 19.6 Å². The highest BCUT2D eigenvalue weighted by Crippen LogP contribution is 2.32. The van der Waals surface area contributed by atoms with E-state index in [0.29, 0.717) is 44.3 Å². The number of hydrogen-bond donors (Lipinski definition) is 1. The number of benzene rings is 2. The Balaban J connectivity index is 1.67. The van der Waals surface area contributed by atoms with Gasteiger partial charge in [-0.3, -0.25) is 4.79 Å². The Morgan fingerprint density at radius 2 is 1.74 bits per heavy atom. The Kier molecular flexibility index (Phi) is 8.07. The zero-order chi connectivity index (χ0) is 24.0. The van der Waals surface area contributed by atoms with Crippen molar-refractivity contribution in [3.05, 3.63) is 54.1 Å². The maximum absolute atomic E-state index is 13.5. The summed E-state index contributed by atoms with van der Waals surface area (Å²) in [5, 5.41) is 3.32. The zero-order valence-electron chi connectivity index (χ0n) is 19.6. The van der Waals surface area contributed by atoms with Crippen molar-refractivity contribution in [2.75, 3.05) is 51.3 Å². The van der Waals surface area contributed by atoms with Gasteiger partial charge in [0.05, 0.1) is 19.8 Å². The largest absolute Gasteiger partial charge is 0.492 e. The minimum absolute atomic E-state index is 0.00243. The molecule has 0 unspecified atom stereocenters. The Labute approximate surface area is 201 Å². The minimum atomic E-state index is -3.79. The molecule has 2 saturated heterocycles. The van der Waals surface area contributed by atoms with Crippen LogP contribution in [0.1, 0.15) is 37.8 Å². The molecule has 2 aromatic rings. The molecule has 1 atom stereocenters. The summed E-state index contributed by atoms with van der Waals surface area (Å²) in [6.45, 7) is 4.96. The van der Waals surface area contributed by atoms with E-state index >= 15 is 0 Å². The van der Waals surface area contributed by atoms with Crippen LogP contribution >= 0.6 is 0 Å². The van der Waals surface area contributed by atoms with Crippen molar-refractivity contribution < 1.29 is 22.7 Å². The second-order valence-corrected chi connectivity index (χ2v) is 10.4. The van der Waals surface area contributed by atoms with Crippen LogP contribution in [0.25, 0.3) is 0 Å². The molecule has 8 nitrogen and oxygen atoms in total. The van der Waals surface area contributed by atoms with Gasteiger partial charge in [0.25, 0.3) is 0 Å². The van der Waals surface area contributed by atoms with Gasteiger partial charge in [-0.1, -0.05) is 30.3 Å². The maximum Gasteiger partial charge on any atom is 0.249 e. The fourth-order valence-electron chi connectivity index (χ4n) is 4.40. The molecule has 0 spiro atoms. The molecule has 2 fully saturated rings. The summed E-state index contributed by atoms with van der Waals surface area (Å²) in [5.41, 5.74) is 1.39. The van der Waals surface area contributed by atoms with E-state index in [0.717, 1.165) is 37.9 Å². The number of amides is 1. The number of piperidine rings is 1. The predicted octanol–water partition coefficient (Wildman–Crippen LogP) is 3.27. The van der Waals surface area contributed by atoms with Crippen molar-refractivity contribution in [3.63, 3.8) is 0 Å². The third-order valence-corrected chi connectivity index (χ3v) is 8.11. The zero-order valence-corrected chi connectivity index (χ0v) is 20.4. The van der Waals surface area contributed by atoms with Gasteiger partial charge in [0.15, 0.2) is 0 Å². The van der Waals surface area contributed by atoms with Crippen molar-refractivity contribution in [1.82, 2.24) is 9.21 Å². The Morgan fingerprint density at radius 1 is 1.03 bits per heavy atom. The highest BCUT2D eigenvalue weighted by molar-refractivity contribution is 7.89. The molecule has 0 saturated carbocycles. The fourth-order valence-corrected chi connectivity index (χ4v) is 5.96. The second kappa shape index (κ2) is 11.2.